The largest absolute Gasteiger partial charge is 0.449 e. The van der Waals surface area contributed by atoms with Crippen molar-refractivity contribution in [1.82, 2.24) is 0 Å². The van der Waals surface area contributed by atoms with Crippen LogP contribution in [0.5, 0.6) is 0 Å². The van der Waals surface area contributed by atoms with Crippen LogP contribution in [0.2, 0.25) is 0 Å². The minimum absolute atomic E-state index is 0.0217. The topological polar surface area (TPSA) is 69.4 Å². The molecule has 1 amide bonds. The summed E-state index contributed by atoms with van der Waals surface area (Å²) in [6, 6.07) is 0. The highest BCUT2D eigenvalue weighted by molar-refractivity contribution is 5.87. The first-order valence-corrected chi connectivity index (χ1v) is 6.06. The third-order valence-corrected chi connectivity index (χ3v) is 3.61. The van der Waals surface area contributed by atoms with Gasteiger partial charge in [-0.15, -0.1) is 0 Å². The number of rotatable bonds is 3. The van der Waals surface area contributed by atoms with Crippen LogP contribution in [0.4, 0.5) is 0 Å². The van der Waals surface area contributed by atoms with Crippen molar-refractivity contribution in [2.75, 3.05) is 0 Å². The van der Waals surface area contributed by atoms with E-state index in [0.717, 1.165) is 25.7 Å². The van der Waals surface area contributed by atoms with Crippen molar-refractivity contribution in [3.8, 4) is 0 Å². The third-order valence-electron chi connectivity index (χ3n) is 3.61. The average Bonchev–Trinajstić information content (AvgIpc) is 3.00. The fourth-order valence-electron chi connectivity index (χ4n) is 2.46. The maximum Gasteiger partial charge on any atom is 0.309 e. The lowest BCUT2D eigenvalue weighted by Gasteiger charge is -2.36. The van der Waals surface area contributed by atoms with Gasteiger partial charge < -0.3 is 10.5 Å². The number of ether oxygens (including phenoxy) is 1. The van der Waals surface area contributed by atoms with Crippen LogP contribution >= 0.6 is 0 Å². The molecule has 0 saturated heterocycles. The minimum Gasteiger partial charge on any atom is -0.449 e. The van der Waals surface area contributed by atoms with Crippen molar-refractivity contribution in [3.63, 3.8) is 0 Å². The first-order chi connectivity index (χ1) is 7.53. The number of primary amides is 1. The van der Waals surface area contributed by atoms with E-state index in [-0.39, 0.29) is 11.9 Å². The van der Waals surface area contributed by atoms with E-state index in [1.54, 1.807) is 0 Å². The van der Waals surface area contributed by atoms with E-state index >= 15 is 0 Å². The van der Waals surface area contributed by atoms with E-state index in [1.165, 1.54) is 0 Å². The van der Waals surface area contributed by atoms with Crippen molar-refractivity contribution in [3.05, 3.63) is 0 Å². The molecule has 2 fully saturated rings. The maximum atomic E-state index is 11.7. The molecule has 0 aliphatic heterocycles. The molecule has 0 spiro atoms. The molecule has 2 rings (SSSR count). The Morgan fingerprint density at radius 2 is 2.00 bits per heavy atom. The van der Waals surface area contributed by atoms with E-state index in [1.807, 2.05) is 0 Å². The Morgan fingerprint density at radius 3 is 2.50 bits per heavy atom. The quantitative estimate of drug-likeness (QED) is 0.737. The minimum atomic E-state index is -1.02. The number of hydrogen-bond acceptors (Lipinski definition) is 3. The third kappa shape index (κ3) is 2.20. The van der Waals surface area contributed by atoms with Crippen LogP contribution < -0.4 is 5.73 Å². The summed E-state index contributed by atoms with van der Waals surface area (Å²) in [7, 11) is 0. The zero-order valence-corrected chi connectivity index (χ0v) is 9.70. The molecule has 0 aromatic carbocycles. The number of carbonyl (C=O) groups is 2. The molecule has 0 aromatic heterocycles. The van der Waals surface area contributed by atoms with Gasteiger partial charge in [-0.1, -0.05) is 13.3 Å². The van der Waals surface area contributed by atoms with Gasteiger partial charge in [0.25, 0.3) is 5.91 Å². The lowest BCUT2D eigenvalue weighted by Crippen LogP contribution is -2.50. The Morgan fingerprint density at radius 1 is 1.31 bits per heavy atom. The molecule has 0 radical (unpaired) electrons. The normalized spacial score (nSPS) is 34.4. The smallest absolute Gasteiger partial charge is 0.309 e. The molecule has 4 nitrogen and oxygen atoms in total. The van der Waals surface area contributed by atoms with Crippen molar-refractivity contribution in [2.24, 2.45) is 17.6 Å². The van der Waals surface area contributed by atoms with Crippen LogP contribution in [0.1, 0.15) is 45.4 Å². The van der Waals surface area contributed by atoms with E-state index < -0.39 is 11.5 Å². The number of nitrogens with two attached hydrogens (primary N) is 1. The molecule has 16 heavy (non-hydrogen) atoms. The molecule has 0 aromatic rings. The zero-order chi connectivity index (χ0) is 11.8. The average molecular weight is 225 g/mol. The van der Waals surface area contributed by atoms with E-state index in [9.17, 15) is 9.59 Å². The molecule has 2 unspecified atom stereocenters. The molecular weight excluding hydrogens is 206 g/mol. The first-order valence-electron chi connectivity index (χ1n) is 6.06. The van der Waals surface area contributed by atoms with Crippen LogP contribution in [0.15, 0.2) is 0 Å². The summed E-state index contributed by atoms with van der Waals surface area (Å²) in [5, 5.41) is 0. The van der Waals surface area contributed by atoms with Crippen molar-refractivity contribution in [2.45, 2.75) is 51.0 Å². The molecule has 4 heteroatoms. The number of esters is 1. The number of amides is 1. The predicted molar refractivity (Wildman–Crippen MR) is 58.4 cm³/mol. The molecule has 2 saturated carbocycles. The molecule has 90 valence electrons. The SMILES string of the molecule is CC1CCCC(OC(=O)C2CC2)(C(N)=O)C1. The maximum absolute atomic E-state index is 11.7. The van der Waals surface area contributed by atoms with Gasteiger partial charge in [0.15, 0.2) is 5.60 Å². The molecule has 2 atom stereocenters. The van der Waals surface area contributed by atoms with Gasteiger partial charge in [0, 0.05) is 0 Å². The highest BCUT2D eigenvalue weighted by atomic mass is 16.6. The van der Waals surface area contributed by atoms with Crippen LogP contribution in [0, 0.1) is 11.8 Å². The van der Waals surface area contributed by atoms with Crippen molar-refractivity contribution < 1.29 is 14.3 Å². The Balaban J connectivity index is 2.07. The lowest BCUT2D eigenvalue weighted by atomic mass is 9.78. The van der Waals surface area contributed by atoms with Gasteiger partial charge in [-0.25, -0.2) is 0 Å². The van der Waals surface area contributed by atoms with E-state index in [0.29, 0.717) is 18.8 Å². The van der Waals surface area contributed by atoms with Crippen LogP contribution in [-0.2, 0) is 14.3 Å². The van der Waals surface area contributed by atoms with Crippen LogP contribution in [-0.4, -0.2) is 17.5 Å². The molecule has 0 bridgehead atoms. The summed E-state index contributed by atoms with van der Waals surface area (Å²) < 4.78 is 5.42. The molecule has 2 aliphatic carbocycles. The standard InChI is InChI=1S/C12H19NO3/c1-8-3-2-6-12(7-8,11(13)15)16-10(14)9-4-5-9/h8-9H,2-7H2,1H3,(H2,13,15). The Labute approximate surface area is 95.5 Å². The first kappa shape index (κ1) is 11.4. The Kier molecular flexibility index (Phi) is 2.91. The fourth-order valence-corrected chi connectivity index (χ4v) is 2.46. The Bertz CT molecular complexity index is 309. The predicted octanol–water partition coefficient (Wildman–Crippen LogP) is 1.37. The summed E-state index contributed by atoms with van der Waals surface area (Å²) in [4.78, 5) is 23.2. The lowest BCUT2D eigenvalue weighted by molar-refractivity contribution is -0.173. The molecule has 2 aliphatic rings. The van der Waals surface area contributed by atoms with Gasteiger partial charge >= 0.3 is 5.97 Å². The number of carbonyl (C=O) groups excluding carboxylic acids is 2. The second-order valence-electron chi connectivity index (χ2n) is 5.26. The van der Waals surface area contributed by atoms with Gasteiger partial charge in [0.05, 0.1) is 5.92 Å². The van der Waals surface area contributed by atoms with Crippen molar-refractivity contribution in [1.29, 1.82) is 0 Å². The highest BCUT2D eigenvalue weighted by Crippen LogP contribution is 2.38. The van der Waals surface area contributed by atoms with Gasteiger partial charge in [-0.05, 0) is 38.0 Å². The summed E-state index contributed by atoms with van der Waals surface area (Å²) >= 11 is 0. The monoisotopic (exact) mass is 225 g/mol. The number of hydrogen-bond donors (Lipinski definition) is 1. The summed E-state index contributed by atoms with van der Waals surface area (Å²) in [5.41, 5.74) is 4.40. The van der Waals surface area contributed by atoms with Crippen LogP contribution in [0.25, 0.3) is 0 Å². The van der Waals surface area contributed by atoms with E-state index in [2.05, 4.69) is 6.92 Å². The van der Waals surface area contributed by atoms with Gasteiger partial charge in [-0.2, -0.15) is 0 Å². The van der Waals surface area contributed by atoms with Gasteiger partial charge in [0.2, 0.25) is 0 Å². The summed E-state index contributed by atoms with van der Waals surface area (Å²) in [5.74, 6) is -0.289. The summed E-state index contributed by atoms with van der Waals surface area (Å²) in [6.45, 7) is 2.07. The zero-order valence-electron chi connectivity index (χ0n) is 9.70. The van der Waals surface area contributed by atoms with E-state index in [4.69, 9.17) is 10.5 Å². The second kappa shape index (κ2) is 4.07. The Hall–Kier alpha value is -1.06. The summed E-state index contributed by atoms with van der Waals surface area (Å²) in [6.07, 6.45) is 4.94. The highest BCUT2D eigenvalue weighted by Gasteiger charge is 2.46. The molecule has 2 N–H and O–H groups in total. The van der Waals surface area contributed by atoms with Crippen molar-refractivity contribution >= 4 is 11.9 Å². The molecular formula is C12H19NO3. The second-order valence-corrected chi connectivity index (χ2v) is 5.26. The van der Waals surface area contributed by atoms with Gasteiger partial charge in [0.1, 0.15) is 0 Å². The fraction of sp³-hybridized carbons (Fsp3) is 0.833. The van der Waals surface area contributed by atoms with Gasteiger partial charge in [-0.3, -0.25) is 9.59 Å². The van der Waals surface area contributed by atoms with Crippen LogP contribution in [0.3, 0.4) is 0 Å². The molecule has 0 heterocycles.